The first kappa shape index (κ1) is 13.0. The Hall–Kier alpha value is -2.66. The summed E-state index contributed by atoms with van der Waals surface area (Å²) in [5, 5.41) is 2.53. The molecule has 2 N–H and O–H groups in total. The van der Waals surface area contributed by atoms with Crippen LogP contribution in [0.4, 0.5) is 5.82 Å². The summed E-state index contributed by atoms with van der Waals surface area (Å²) in [6, 6.07) is 9.99. The minimum absolute atomic E-state index is 0.498. The highest BCUT2D eigenvalue weighted by Crippen LogP contribution is 2.21. The number of aromatic nitrogens is 4. The summed E-state index contributed by atoms with van der Waals surface area (Å²) < 4.78 is 2.05. The molecule has 0 saturated carbocycles. The third-order valence-electron chi connectivity index (χ3n) is 3.65. The Labute approximate surface area is 131 Å². The molecule has 4 aromatic rings. The van der Waals surface area contributed by atoms with Gasteiger partial charge in [0.25, 0.3) is 0 Å². The van der Waals surface area contributed by atoms with E-state index in [0.29, 0.717) is 17.4 Å². The Morgan fingerprint density at radius 3 is 2.91 bits per heavy atom. The molecule has 5 nitrogen and oxygen atoms in total. The molecule has 1 aromatic carbocycles. The predicted octanol–water partition coefficient (Wildman–Crippen LogP) is 3.26. The zero-order valence-corrected chi connectivity index (χ0v) is 12.3. The summed E-state index contributed by atoms with van der Waals surface area (Å²) in [5.41, 5.74) is 8.77. The van der Waals surface area contributed by atoms with Crippen LogP contribution in [0, 0.1) is 0 Å². The molecule has 3 heterocycles. The summed E-state index contributed by atoms with van der Waals surface area (Å²) in [5.74, 6) is 0.498. The number of hydrogen-bond donors (Lipinski definition) is 1. The van der Waals surface area contributed by atoms with Crippen LogP contribution in [0.2, 0.25) is 5.02 Å². The van der Waals surface area contributed by atoms with Crippen molar-refractivity contribution in [3.63, 3.8) is 0 Å². The van der Waals surface area contributed by atoms with Crippen LogP contribution in [-0.4, -0.2) is 19.5 Å². The maximum absolute atomic E-state index is 6.01. The lowest BCUT2D eigenvalue weighted by molar-refractivity contribution is 0.825. The van der Waals surface area contributed by atoms with Crippen molar-refractivity contribution in [1.82, 2.24) is 19.5 Å². The summed E-state index contributed by atoms with van der Waals surface area (Å²) >= 11 is 6.01. The second kappa shape index (κ2) is 4.96. The van der Waals surface area contributed by atoms with Crippen LogP contribution in [0.1, 0.15) is 5.56 Å². The van der Waals surface area contributed by atoms with E-state index in [1.165, 1.54) is 6.33 Å². The molecule has 0 radical (unpaired) electrons. The molecule has 0 aliphatic carbocycles. The first-order chi connectivity index (χ1) is 10.7. The lowest BCUT2D eigenvalue weighted by Crippen LogP contribution is -2.00. The summed E-state index contributed by atoms with van der Waals surface area (Å²) in [7, 11) is 0. The molecule has 108 valence electrons. The van der Waals surface area contributed by atoms with Crippen molar-refractivity contribution in [3.8, 4) is 0 Å². The minimum Gasteiger partial charge on any atom is -0.383 e. The molecule has 0 aliphatic rings. The fourth-order valence-electron chi connectivity index (χ4n) is 2.60. The van der Waals surface area contributed by atoms with Crippen LogP contribution >= 0.6 is 11.6 Å². The standard InChI is InChI=1S/C16H12ClN5/c17-12-6-11-5-10(1-2-14(11)19-7-12)8-22-4-3-13-15(18)20-9-21-16(13)22/h1-7,9H,8H2,(H2,18,20,21). The Morgan fingerprint density at radius 1 is 1.09 bits per heavy atom. The quantitative estimate of drug-likeness (QED) is 0.617. The van der Waals surface area contributed by atoms with Crippen molar-refractivity contribution in [2.45, 2.75) is 6.54 Å². The van der Waals surface area contributed by atoms with Crippen LogP contribution in [-0.2, 0) is 6.54 Å². The topological polar surface area (TPSA) is 69.6 Å². The average molecular weight is 310 g/mol. The lowest BCUT2D eigenvalue weighted by atomic mass is 10.1. The number of nitrogens with zero attached hydrogens (tertiary/aromatic N) is 4. The van der Waals surface area contributed by atoms with Crippen molar-refractivity contribution in [1.29, 1.82) is 0 Å². The van der Waals surface area contributed by atoms with Crippen molar-refractivity contribution < 1.29 is 0 Å². The highest BCUT2D eigenvalue weighted by atomic mass is 35.5. The molecule has 22 heavy (non-hydrogen) atoms. The highest BCUT2D eigenvalue weighted by molar-refractivity contribution is 6.31. The molecule has 0 aliphatic heterocycles. The maximum atomic E-state index is 6.01. The van der Waals surface area contributed by atoms with Crippen LogP contribution in [0.3, 0.4) is 0 Å². The molecule has 0 unspecified atom stereocenters. The molecule has 0 fully saturated rings. The zero-order chi connectivity index (χ0) is 15.1. The molecule has 0 saturated heterocycles. The van der Waals surface area contributed by atoms with Gasteiger partial charge >= 0.3 is 0 Å². The van der Waals surface area contributed by atoms with Crippen molar-refractivity contribution in [2.24, 2.45) is 0 Å². The monoisotopic (exact) mass is 309 g/mol. The number of anilines is 1. The van der Waals surface area contributed by atoms with Crippen LogP contribution in [0.5, 0.6) is 0 Å². The van der Waals surface area contributed by atoms with Gasteiger partial charge in [-0.15, -0.1) is 0 Å². The first-order valence-electron chi connectivity index (χ1n) is 6.80. The van der Waals surface area contributed by atoms with Gasteiger partial charge in [-0.05, 0) is 29.8 Å². The summed E-state index contributed by atoms with van der Waals surface area (Å²) in [4.78, 5) is 12.6. The van der Waals surface area contributed by atoms with Gasteiger partial charge < -0.3 is 10.3 Å². The number of pyridine rings is 1. The predicted molar refractivity (Wildman–Crippen MR) is 87.8 cm³/mol. The minimum atomic E-state index is 0.498. The van der Waals surface area contributed by atoms with Gasteiger partial charge in [0.05, 0.1) is 15.9 Å². The normalized spacial score (nSPS) is 11.3. The first-order valence-corrected chi connectivity index (χ1v) is 7.18. The third kappa shape index (κ3) is 2.16. The molecule has 6 heteroatoms. The fourth-order valence-corrected chi connectivity index (χ4v) is 2.77. The number of fused-ring (bicyclic) bond motifs is 2. The van der Waals surface area contributed by atoms with Gasteiger partial charge in [-0.2, -0.15) is 0 Å². The number of hydrogen-bond acceptors (Lipinski definition) is 4. The molecular formula is C16H12ClN5. The molecule has 0 spiro atoms. The van der Waals surface area contributed by atoms with Crippen molar-refractivity contribution >= 4 is 39.4 Å². The van der Waals surface area contributed by atoms with Gasteiger partial charge in [0, 0.05) is 24.3 Å². The van der Waals surface area contributed by atoms with E-state index in [9.17, 15) is 0 Å². The van der Waals surface area contributed by atoms with Crippen molar-refractivity contribution in [3.05, 3.63) is 59.6 Å². The van der Waals surface area contributed by atoms with Gasteiger partial charge in [0.1, 0.15) is 17.8 Å². The second-order valence-electron chi connectivity index (χ2n) is 5.12. The van der Waals surface area contributed by atoms with Gasteiger partial charge in [0.15, 0.2) is 0 Å². The third-order valence-corrected chi connectivity index (χ3v) is 3.86. The average Bonchev–Trinajstić information content (AvgIpc) is 2.91. The fraction of sp³-hybridized carbons (Fsp3) is 0.0625. The van der Waals surface area contributed by atoms with E-state index >= 15 is 0 Å². The highest BCUT2D eigenvalue weighted by Gasteiger charge is 2.07. The Balaban J connectivity index is 1.77. The van der Waals surface area contributed by atoms with Gasteiger partial charge in [-0.3, -0.25) is 4.98 Å². The summed E-state index contributed by atoms with van der Waals surface area (Å²) in [6.45, 7) is 0.697. The van der Waals surface area contributed by atoms with Gasteiger partial charge in [0.2, 0.25) is 0 Å². The van der Waals surface area contributed by atoms with E-state index in [1.54, 1.807) is 6.20 Å². The van der Waals surface area contributed by atoms with Gasteiger partial charge in [-0.25, -0.2) is 9.97 Å². The van der Waals surface area contributed by atoms with E-state index in [2.05, 4.69) is 27.1 Å². The Bertz CT molecular complexity index is 992. The van der Waals surface area contributed by atoms with E-state index in [0.717, 1.165) is 27.5 Å². The smallest absolute Gasteiger partial charge is 0.145 e. The number of benzene rings is 1. The molecule has 0 amide bonds. The number of rotatable bonds is 2. The molecule has 0 bridgehead atoms. The van der Waals surface area contributed by atoms with E-state index in [4.69, 9.17) is 17.3 Å². The van der Waals surface area contributed by atoms with E-state index < -0.39 is 0 Å². The molecule has 0 atom stereocenters. The van der Waals surface area contributed by atoms with Crippen LogP contribution in [0.15, 0.2) is 49.1 Å². The maximum Gasteiger partial charge on any atom is 0.145 e. The molecule has 3 aromatic heterocycles. The Kier molecular flexibility index (Phi) is 2.94. The van der Waals surface area contributed by atoms with Crippen molar-refractivity contribution in [2.75, 3.05) is 5.73 Å². The zero-order valence-electron chi connectivity index (χ0n) is 11.6. The second-order valence-corrected chi connectivity index (χ2v) is 5.56. The largest absolute Gasteiger partial charge is 0.383 e. The number of nitrogen functional groups attached to an aromatic ring is 1. The molecular weight excluding hydrogens is 298 g/mol. The number of nitrogens with two attached hydrogens (primary N) is 1. The SMILES string of the molecule is Nc1ncnc2c1ccn2Cc1ccc2ncc(Cl)cc2c1. The number of halogens is 1. The molecule has 4 rings (SSSR count). The van der Waals surface area contributed by atoms with E-state index in [-0.39, 0.29) is 0 Å². The van der Waals surface area contributed by atoms with E-state index in [1.807, 2.05) is 29.0 Å². The Morgan fingerprint density at radius 2 is 2.00 bits per heavy atom. The van der Waals surface area contributed by atoms with Crippen LogP contribution in [0.25, 0.3) is 21.9 Å². The lowest BCUT2D eigenvalue weighted by Gasteiger charge is -2.07. The van der Waals surface area contributed by atoms with Crippen LogP contribution < -0.4 is 5.73 Å². The summed E-state index contributed by atoms with van der Waals surface area (Å²) in [6.07, 6.45) is 5.11. The van der Waals surface area contributed by atoms with Gasteiger partial charge in [-0.1, -0.05) is 17.7 Å².